The van der Waals surface area contributed by atoms with E-state index in [1.54, 1.807) is 7.11 Å². The van der Waals surface area contributed by atoms with Gasteiger partial charge in [-0.3, -0.25) is 4.79 Å². The fourth-order valence-corrected chi connectivity index (χ4v) is 4.99. The molecule has 1 aliphatic heterocycles. The van der Waals surface area contributed by atoms with Gasteiger partial charge in [0.1, 0.15) is 17.6 Å². The molecule has 0 radical (unpaired) electrons. The lowest BCUT2D eigenvalue weighted by molar-refractivity contribution is -0.147. The van der Waals surface area contributed by atoms with Crippen LogP contribution in [0.3, 0.4) is 0 Å². The van der Waals surface area contributed by atoms with Gasteiger partial charge in [-0.15, -0.1) is 0 Å². The van der Waals surface area contributed by atoms with Crippen molar-refractivity contribution in [3.8, 4) is 11.5 Å². The summed E-state index contributed by atoms with van der Waals surface area (Å²) < 4.78 is 17.2. The molecule has 1 fully saturated rings. The predicted molar refractivity (Wildman–Crippen MR) is 102 cm³/mol. The molecule has 1 aromatic carbocycles. The molecule has 0 N–H and O–H groups in total. The largest absolute Gasteiger partial charge is 0.497 e. The minimum Gasteiger partial charge on any atom is -0.497 e. The van der Waals surface area contributed by atoms with Crippen molar-refractivity contribution >= 4 is 5.97 Å². The number of hydrogen-bond acceptors (Lipinski definition) is 4. The highest BCUT2D eigenvalue weighted by molar-refractivity contribution is 5.66. The van der Waals surface area contributed by atoms with Crippen LogP contribution in [0.1, 0.15) is 70.8 Å². The van der Waals surface area contributed by atoms with Crippen molar-refractivity contribution < 1.29 is 19.0 Å². The molecule has 144 valence electrons. The molecule has 1 heterocycles. The van der Waals surface area contributed by atoms with Gasteiger partial charge in [-0.05, 0) is 62.5 Å². The Hall–Kier alpha value is -1.71. The Kier molecular flexibility index (Phi) is 6.10. The topological polar surface area (TPSA) is 44.8 Å². The molecule has 1 aromatic rings. The Labute approximate surface area is 157 Å². The summed E-state index contributed by atoms with van der Waals surface area (Å²) in [6, 6.07) is 6.24. The average Bonchev–Trinajstić information content (AvgIpc) is 2.59. The molecule has 5 atom stereocenters. The molecule has 0 spiro atoms. The van der Waals surface area contributed by atoms with Crippen LogP contribution in [-0.4, -0.2) is 25.3 Å². The molecule has 4 unspecified atom stereocenters. The molecule has 4 heteroatoms. The second-order valence-corrected chi connectivity index (χ2v) is 7.98. The molecule has 0 aromatic heterocycles. The first-order valence-electron chi connectivity index (χ1n) is 10.0. The lowest BCUT2D eigenvalue weighted by Crippen LogP contribution is -2.38. The fraction of sp³-hybridized carbons (Fsp3) is 0.682. The fourth-order valence-electron chi connectivity index (χ4n) is 4.99. The number of benzene rings is 1. The molecular weight excluding hydrogens is 328 g/mol. The highest BCUT2D eigenvalue weighted by atomic mass is 16.5. The minimum atomic E-state index is -0.157. The van der Waals surface area contributed by atoms with Crippen molar-refractivity contribution in [3.63, 3.8) is 0 Å². The smallest absolute Gasteiger partial charge is 0.302 e. The van der Waals surface area contributed by atoms with Crippen molar-refractivity contribution in [2.24, 2.45) is 11.8 Å². The van der Waals surface area contributed by atoms with E-state index in [1.807, 2.05) is 12.1 Å². The Morgan fingerprint density at radius 3 is 2.54 bits per heavy atom. The van der Waals surface area contributed by atoms with Crippen LogP contribution >= 0.6 is 0 Å². The second-order valence-electron chi connectivity index (χ2n) is 7.98. The Morgan fingerprint density at radius 2 is 1.85 bits per heavy atom. The summed E-state index contributed by atoms with van der Waals surface area (Å²) in [5.74, 6) is 3.26. The van der Waals surface area contributed by atoms with E-state index >= 15 is 0 Å². The van der Waals surface area contributed by atoms with Gasteiger partial charge in [0, 0.05) is 18.9 Å². The maximum atomic E-state index is 11.4. The maximum Gasteiger partial charge on any atom is 0.302 e. The van der Waals surface area contributed by atoms with E-state index in [-0.39, 0.29) is 18.2 Å². The second kappa shape index (κ2) is 8.32. The van der Waals surface area contributed by atoms with Crippen molar-refractivity contribution in [1.29, 1.82) is 0 Å². The van der Waals surface area contributed by atoms with Crippen LogP contribution in [0.5, 0.6) is 11.5 Å². The van der Waals surface area contributed by atoms with Gasteiger partial charge in [0.2, 0.25) is 0 Å². The Balaban J connectivity index is 1.84. The number of carbonyl (C=O) groups excluding carboxylic acids is 1. The molecule has 1 aliphatic carbocycles. The first-order valence-corrected chi connectivity index (χ1v) is 10.0. The molecule has 0 bridgehead atoms. The van der Waals surface area contributed by atoms with Crippen LogP contribution in [0.25, 0.3) is 0 Å². The summed E-state index contributed by atoms with van der Waals surface area (Å²) in [4.78, 5) is 11.4. The number of rotatable bonds is 2. The zero-order chi connectivity index (χ0) is 18.7. The summed E-state index contributed by atoms with van der Waals surface area (Å²) in [6.07, 6.45) is 6.65. The summed E-state index contributed by atoms with van der Waals surface area (Å²) >= 11 is 0. The van der Waals surface area contributed by atoms with Gasteiger partial charge in [0.05, 0.1) is 13.2 Å². The summed E-state index contributed by atoms with van der Waals surface area (Å²) in [7, 11) is 1.69. The van der Waals surface area contributed by atoms with Crippen LogP contribution in [-0.2, 0) is 9.53 Å². The monoisotopic (exact) mass is 360 g/mol. The average molecular weight is 360 g/mol. The van der Waals surface area contributed by atoms with Crippen molar-refractivity contribution in [2.75, 3.05) is 7.11 Å². The van der Waals surface area contributed by atoms with Crippen molar-refractivity contribution in [3.05, 3.63) is 23.8 Å². The standard InChI is InChI=1S/C22H32O4/c1-14-7-5-8-17(26-16(3)23)9-6-10-20-19-12-11-18(24-4)13-21(19)25-15(2)22(14)20/h11-15,17,20,22H,5-10H2,1-4H3/t14?,15-,17?,20?,22?/m1/s1. The van der Waals surface area contributed by atoms with Crippen molar-refractivity contribution in [1.82, 2.24) is 0 Å². The third kappa shape index (κ3) is 4.16. The van der Waals surface area contributed by atoms with E-state index in [4.69, 9.17) is 14.2 Å². The van der Waals surface area contributed by atoms with Gasteiger partial charge < -0.3 is 14.2 Å². The van der Waals surface area contributed by atoms with E-state index in [0.717, 1.165) is 50.0 Å². The molecule has 26 heavy (non-hydrogen) atoms. The third-order valence-corrected chi connectivity index (χ3v) is 6.16. The highest BCUT2D eigenvalue weighted by Gasteiger charge is 2.39. The molecule has 2 aliphatic rings. The predicted octanol–water partition coefficient (Wildman–Crippen LogP) is 5.10. The lowest BCUT2D eigenvalue weighted by Gasteiger charge is -2.42. The van der Waals surface area contributed by atoms with Gasteiger partial charge >= 0.3 is 5.97 Å². The first-order chi connectivity index (χ1) is 12.5. The molecular formula is C22H32O4. The van der Waals surface area contributed by atoms with Gasteiger partial charge in [-0.1, -0.05) is 19.4 Å². The number of methoxy groups -OCH3 is 1. The van der Waals surface area contributed by atoms with Crippen LogP contribution in [0, 0.1) is 11.8 Å². The summed E-state index contributed by atoms with van der Waals surface area (Å²) in [5.41, 5.74) is 1.31. The zero-order valence-electron chi connectivity index (χ0n) is 16.5. The van der Waals surface area contributed by atoms with Gasteiger partial charge in [0.25, 0.3) is 0 Å². The Bertz CT molecular complexity index is 627. The number of fused-ring (bicyclic) bond motifs is 3. The van der Waals surface area contributed by atoms with Crippen molar-refractivity contribution in [2.45, 2.75) is 77.4 Å². The zero-order valence-corrected chi connectivity index (χ0v) is 16.5. The SMILES string of the molecule is COc1ccc2c(c1)O[C@H](C)C1C(C)CCCC(OC(C)=O)CCCC21. The van der Waals surface area contributed by atoms with E-state index < -0.39 is 0 Å². The lowest BCUT2D eigenvalue weighted by atomic mass is 9.69. The molecule has 0 saturated heterocycles. The van der Waals surface area contributed by atoms with E-state index in [9.17, 15) is 4.79 Å². The van der Waals surface area contributed by atoms with E-state index in [2.05, 4.69) is 19.9 Å². The van der Waals surface area contributed by atoms with Gasteiger partial charge in [-0.25, -0.2) is 0 Å². The number of hydrogen-bond donors (Lipinski definition) is 0. The minimum absolute atomic E-state index is 0.0730. The van der Waals surface area contributed by atoms with Crippen LogP contribution < -0.4 is 9.47 Å². The van der Waals surface area contributed by atoms with Gasteiger partial charge in [-0.2, -0.15) is 0 Å². The van der Waals surface area contributed by atoms with Crippen LogP contribution in [0.15, 0.2) is 18.2 Å². The summed E-state index contributed by atoms with van der Waals surface area (Å²) in [5, 5.41) is 0. The Morgan fingerprint density at radius 1 is 1.12 bits per heavy atom. The van der Waals surface area contributed by atoms with E-state index in [1.165, 1.54) is 12.5 Å². The van der Waals surface area contributed by atoms with Gasteiger partial charge in [0.15, 0.2) is 0 Å². The normalized spacial score (nSPS) is 31.8. The molecule has 1 saturated carbocycles. The quantitative estimate of drug-likeness (QED) is 0.689. The van der Waals surface area contributed by atoms with Crippen LogP contribution in [0.4, 0.5) is 0 Å². The molecule has 0 amide bonds. The maximum absolute atomic E-state index is 11.4. The summed E-state index contributed by atoms with van der Waals surface area (Å²) in [6.45, 7) is 6.08. The number of carbonyl (C=O) groups is 1. The van der Waals surface area contributed by atoms with Crippen LogP contribution in [0.2, 0.25) is 0 Å². The third-order valence-electron chi connectivity index (χ3n) is 6.16. The number of esters is 1. The number of ether oxygens (including phenoxy) is 3. The molecule has 3 rings (SSSR count). The molecule has 4 nitrogen and oxygen atoms in total. The first kappa shape index (κ1) is 19.1. The van der Waals surface area contributed by atoms with E-state index in [0.29, 0.717) is 17.8 Å². The highest BCUT2D eigenvalue weighted by Crippen LogP contribution is 2.48.